The topological polar surface area (TPSA) is 37.3 Å². The van der Waals surface area contributed by atoms with E-state index in [1.807, 2.05) is 11.4 Å². The van der Waals surface area contributed by atoms with Crippen LogP contribution in [0.3, 0.4) is 0 Å². The summed E-state index contributed by atoms with van der Waals surface area (Å²) < 4.78 is 0. The minimum Gasteiger partial charge on any atom is -0.478 e. The van der Waals surface area contributed by atoms with Crippen molar-refractivity contribution in [1.29, 1.82) is 0 Å². The van der Waals surface area contributed by atoms with E-state index in [1.165, 1.54) is 37.0 Å². The molecule has 4 fully saturated rings. The van der Waals surface area contributed by atoms with Crippen LogP contribution in [0.2, 0.25) is 0 Å². The highest BCUT2D eigenvalue weighted by Crippen LogP contribution is 2.60. The fraction of sp³-hybridized carbons (Fsp3) is 0.667. The van der Waals surface area contributed by atoms with Crippen molar-refractivity contribution in [2.45, 2.75) is 38.0 Å². The molecule has 0 aliphatic heterocycles. The number of carboxylic acids is 1. The molecule has 0 amide bonds. The Bertz CT molecular complexity index is 462. The molecular weight excluding hydrogens is 244 g/mol. The van der Waals surface area contributed by atoms with Crippen LogP contribution in [0.25, 0.3) is 0 Å². The van der Waals surface area contributed by atoms with Crippen LogP contribution >= 0.6 is 11.3 Å². The third-order valence-electron chi connectivity index (χ3n) is 5.42. The first-order valence-electron chi connectivity index (χ1n) is 7.02. The van der Waals surface area contributed by atoms with Crippen molar-refractivity contribution in [2.24, 2.45) is 23.7 Å². The lowest BCUT2D eigenvalue weighted by Crippen LogP contribution is -2.43. The Hall–Kier alpha value is -0.830. The molecule has 0 aromatic carbocycles. The first-order valence-corrected chi connectivity index (χ1v) is 7.90. The van der Waals surface area contributed by atoms with E-state index >= 15 is 0 Å². The van der Waals surface area contributed by atoms with E-state index in [2.05, 4.69) is 0 Å². The number of hydrogen-bond donors (Lipinski definition) is 1. The highest BCUT2D eigenvalue weighted by atomic mass is 32.1. The van der Waals surface area contributed by atoms with Gasteiger partial charge in [-0.1, -0.05) is 0 Å². The molecule has 18 heavy (non-hydrogen) atoms. The molecule has 1 aromatic heterocycles. The molecule has 3 heteroatoms. The zero-order valence-corrected chi connectivity index (χ0v) is 11.2. The Morgan fingerprint density at radius 3 is 2.22 bits per heavy atom. The van der Waals surface area contributed by atoms with Gasteiger partial charge >= 0.3 is 5.97 Å². The molecule has 1 aromatic rings. The van der Waals surface area contributed by atoms with Gasteiger partial charge in [-0.25, -0.2) is 4.79 Å². The average Bonchev–Trinajstić information content (AvgIpc) is 2.77. The zero-order chi connectivity index (χ0) is 12.3. The molecule has 0 spiro atoms. The van der Waals surface area contributed by atoms with Crippen LogP contribution in [-0.2, 0) is 0 Å². The van der Waals surface area contributed by atoms with Crippen molar-refractivity contribution in [3.63, 3.8) is 0 Å². The Balaban J connectivity index is 1.66. The van der Waals surface area contributed by atoms with Crippen LogP contribution < -0.4 is 0 Å². The summed E-state index contributed by atoms with van der Waals surface area (Å²) in [7, 11) is 0. The standard InChI is InChI=1S/C15H18O2S/c16-15(17)12-6-13(18-7-12)14-10-2-8-1-9(4-10)5-11(14)3-8/h6-11,14H,1-5H2,(H,16,17). The van der Waals surface area contributed by atoms with Crippen molar-refractivity contribution in [2.75, 3.05) is 0 Å². The molecule has 4 saturated carbocycles. The third-order valence-corrected chi connectivity index (χ3v) is 6.46. The van der Waals surface area contributed by atoms with Gasteiger partial charge in [0.2, 0.25) is 0 Å². The van der Waals surface area contributed by atoms with Crippen LogP contribution in [0.15, 0.2) is 11.4 Å². The van der Waals surface area contributed by atoms with Crippen molar-refractivity contribution >= 4 is 17.3 Å². The molecule has 4 bridgehead atoms. The number of thiophene rings is 1. The second-order valence-electron chi connectivity index (χ2n) is 6.50. The van der Waals surface area contributed by atoms with Gasteiger partial charge in [-0.15, -0.1) is 11.3 Å². The molecule has 4 aliphatic rings. The first kappa shape index (κ1) is 11.0. The predicted octanol–water partition coefficient (Wildman–Crippen LogP) is 3.99. The van der Waals surface area contributed by atoms with E-state index in [0.29, 0.717) is 11.5 Å². The molecule has 2 nitrogen and oxygen atoms in total. The second kappa shape index (κ2) is 3.83. The minimum atomic E-state index is -0.777. The zero-order valence-electron chi connectivity index (χ0n) is 10.3. The molecule has 1 heterocycles. The average molecular weight is 262 g/mol. The van der Waals surface area contributed by atoms with Crippen LogP contribution in [0.1, 0.15) is 53.3 Å². The number of carbonyl (C=O) groups is 1. The van der Waals surface area contributed by atoms with Gasteiger partial charge in [-0.3, -0.25) is 0 Å². The van der Waals surface area contributed by atoms with E-state index in [1.54, 1.807) is 11.3 Å². The Kier molecular flexibility index (Phi) is 2.35. The van der Waals surface area contributed by atoms with Crippen LogP contribution in [0, 0.1) is 23.7 Å². The summed E-state index contributed by atoms with van der Waals surface area (Å²) in [5.74, 6) is 3.57. The summed E-state index contributed by atoms with van der Waals surface area (Å²) in [4.78, 5) is 12.4. The van der Waals surface area contributed by atoms with E-state index in [0.717, 1.165) is 23.7 Å². The number of carboxylic acid groups (broad SMARTS) is 1. The van der Waals surface area contributed by atoms with Crippen LogP contribution in [0.4, 0.5) is 0 Å². The highest BCUT2D eigenvalue weighted by Gasteiger charge is 2.48. The lowest BCUT2D eigenvalue weighted by molar-refractivity contribution is -0.00163. The summed E-state index contributed by atoms with van der Waals surface area (Å²) in [6, 6.07) is 1.94. The Morgan fingerprint density at radius 2 is 1.72 bits per heavy atom. The maximum Gasteiger partial charge on any atom is 0.336 e. The largest absolute Gasteiger partial charge is 0.478 e. The predicted molar refractivity (Wildman–Crippen MR) is 71.1 cm³/mol. The van der Waals surface area contributed by atoms with E-state index < -0.39 is 5.97 Å². The summed E-state index contributed by atoms with van der Waals surface area (Å²) in [5, 5.41) is 10.9. The lowest BCUT2D eigenvalue weighted by Gasteiger charge is -2.54. The molecule has 4 aliphatic carbocycles. The summed E-state index contributed by atoms with van der Waals surface area (Å²) >= 11 is 1.68. The smallest absolute Gasteiger partial charge is 0.336 e. The molecule has 0 atom stereocenters. The maximum atomic E-state index is 11.0. The van der Waals surface area contributed by atoms with E-state index in [-0.39, 0.29) is 0 Å². The van der Waals surface area contributed by atoms with Gasteiger partial charge in [0, 0.05) is 10.3 Å². The number of hydrogen-bond acceptors (Lipinski definition) is 2. The molecule has 0 radical (unpaired) electrons. The van der Waals surface area contributed by atoms with Gasteiger partial charge in [0.15, 0.2) is 0 Å². The van der Waals surface area contributed by atoms with Crippen LogP contribution in [-0.4, -0.2) is 11.1 Å². The number of rotatable bonds is 2. The maximum absolute atomic E-state index is 11.0. The van der Waals surface area contributed by atoms with Crippen molar-refractivity contribution in [1.82, 2.24) is 0 Å². The van der Waals surface area contributed by atoms with Crippen molar-refractivity contribution < 1.29 is 9.90 Å². The fourth-order valence-electron chi connectivity index (χ4n) is 5.03. The summed E-state index contributed by atoms with van der Waals surface area (Å²) in [6.07, 6.45) is 7.08. The fourth-order valence-corrected chi connectivity index (χ4v) is 6.20. The molecule has 0 unspecified atom stereocenters. The molecule has 1 N–H and O–H groups in total. The van der Waals surface area contributed by atoms with Gasteiger partial charge in [0.25, 0.3) is 0 Å². The Morgan fingerprint density at radius 1 is 1.11 bits per heavy atom. The van der Waals surface area contributed by atoms with Gasteiger partial charge in [0.05, 0.1) is 5.56 Å². The summed E-state index contributed by atoms with van der Waals surface area (Å²) in [6.45, 7) is 0. The normalized spacial score (nSPS) is 41.2. The lowest BCUT2D eigenvalue weighted by atomic mass is 9.51. The monoisotopic (exact) mass is 262 g/mol. The van der Waals surface area contributed by atoms with Crippen LogP contribution in [0.5, 0.6) is 0 Å². The molecule has 0 saturated heterocycles. The minimum absolute atomic E-state index is 0.490. The third kappa shape index (κ3) is 1.56. The SMILES string of the molecule is O=C(O)c1csc(C2C3CC4CC(C3)CC2C4)c1. The van der Waals surface area contributed by atoms with Crippen molar-refractivity contribution in [3.05, 3.63) is 21.9 Å². The van der Waals surface area contributed by atoms with Gasteiger partial charge in [-0.05, 0) is 67.8 Å². The first-order chi connectivity index (χ1) is 8.70. The van der Waals surface area contributed by atoms with E-state index in [4.69, 9.17) is 5.11 Å². The highest BCUT2D eigenvalue weighted by molar-refractivity contribution is 7.10. The van der Waals surface area contributed by atoms with Gasteiger partial charge in [-0.2, -0.15) is 0 Å². The quantitative estimate of drug-likeness (QED) is 0.875. The van der Waals surface area contributed by atoms with Gasteiger partial charge < -0.3 is 5.11 Å². The molecular formula is C15H18O2S. The number of aromatic carboxylic acids is 1. The molecule has 96 valence electrons. The van der Waals surface area contributed by atoms with Gasteiger partial charge in [0.1, 0.15) is 0 Å². The second-order valence-corrected chi connectivity index (χ2v) is 7.44. The Labute approximate surface area is 111 Å². The van der Waals surface area contributed by atoms with E-state index in [9.17, 15) is 4.79 Å². The molecule has 5 rings (SSSR count). The van der Waals surface area contributed by atoms with Crippen molar-refractivity contribution in [3.8, 4) is 0 Å². The summed E-state index contributed by atoms with van der Waals surface area (Å²) in [5.41, 5.74) is 0.490.